The monoisotopic (exact) mass is 383 g/mol. The molecule has 0 aliphatic carbocycles. The Balaban J connectivity index is 1.55. The van der Waals surface area contributed by atoms with Crippen LogP contribution in [-0.4, -0.2) is 56.1 Å². The van der Waals surface area contributed by atoms with E-state index in [1.54, 1.807) is 31.3 Å². The predicted octanol–water partition coefficient (Wildman–Crippen LogP) is 2.15. The Hall–Kier alpha value is -3.06. The van der Waals surface area contributed by atoms with Gasteiger partial charge in [0.25, 0.3) is 5.91 Å². The van der Waals surface area contributed by atoms with Gasteiger partial charge in [-0.15, -0.1) is 0 Å². The van der Waals surface area contributed by atoms with Crippen LogP contribution < -0.4 is 20.1 Å². The molecule has 0 saturated carbocycles. The van der Waals surface area contributed by atoms with E-state index in [0.717, 1.165) is 11.5 Å². The number of anilines is 1. The van der Waals surface area contributed by atoms with Crippen LogP contribution >= 0.6 is 0 Å². The Kier molecular flexibility index (Phi) is 6.49. The van der Waals surface area contributed by atoms with Gasteiger partial charge < -0.3 is 20.1 Å². The molecule has 2 amide bonds. The van der Waals surface area contributed by atoms with E-state index in [4.69, 9.17) is 9.47 Å². The second-order valence-corrected chi connectivity index (χ2v) is 6.53. The highest BCUT2D eigenvalue weighted by Crippen LogP contribution is 2.31. The van der Waals surface area contributed by atoms with Crippen LogP contribution in [0.15, 0.2) is 48.5 Å². The van der Waals surface area contributed by atoms with E-state index in [1.165, 1.54) is 0 Å². The molecule has 1 aliphatic rings. The van der Waals surface area contributed by atoms with Gasteiger partial charge in [0.15, 0.2) is 11.5 Å². The van der Waals surface area contributed by atoms with Crippen LogP contribution in [0.5, 0.6) is 11.5 Å². The average Bonchev–Trinajstić information content (AvgIpc) is 2.72. The molecular weight excluding hydrogens is 358 g/mol. The number of likely N-dealkylation sites (N-methyl/N-ethyl adjacent to an activating group) is 1. The number of nitrogens with zero attached hydrogens (tertiary/aromatic N) is 1. The molecule has 148 valence electrons. The van der Waals surface area contributed by atoms with Crippen LogP contribution in [0.3, 0.4) is 0 Å². The minimum absolute atomic E-state index is 0.140. The zero-order valence-corrected chi connectivity index (χ0v) is 16.1. The summed E-state index contributed by atoms with van der Waals surface area (Å²) in [6.07, 6.45) is -0.140. The highest BCUT2D eigenvalue weighted by molar-refractivity contribution is 5.97. The number of ether oxygens (including phenoxy) is 2. The summed E-state index contributed by atoms with van der Waals surface area (Å²) < 4.78 is 11.7. The molecule has 0 radical (unpaired) electrons. The molecule has 1 unspecified atom stereocenters. The number of nitrogens with one attached hydrogen (secondary N) is 2. The van der Waals surface area contributed by atoms with Gasteiger partial charge in [-0.3, -0.25) is 14.5 Å². The zero-order valence-electron chi connectivity index (χ0n) is 16.1. The lowest BCUT2D eigenvalue weighted by Crippen LogP contribution is -2.43. The summed E-state index contributed by atoms with van der Waals surface area (Å²) >= 11 is 0. The van der Waals surface area contributed by atoms with Crippen molar-refractivity contribution < 1.29 is 19.1 Å². The Morgan fingerprint density at radius 2 is 1.93 bits per heavy atom. The zero-order chi connectivity index (χ0) is 19.9. The van der Waals surface area contributed by atoms with E-state index in [2.05, 4.69) is 10.6 Å². The fraction of sp³-hybridized carbons (Fsp3) is 0.333. The number of rotatable bonds is 7. The number of hydrogen-bond donors (Lipinski definition) is 2. The first kappa shape index (κ1) is 19.7. The first-order chi connectivity index (χ1) is 13.6. The third kappa shape index (κ3) is 5.01. The molecule has 2 aromatic carbocycles. The summed E-state index contributed by atoms with van der Waals surface area (Å²) in [7, 11) is 1.57. The summed E-state index contributed by atoms with van der Waals surface area (Å²) in [6.45, 7) is 3.95. The van der Waals surface area contributed by atoms with Crippen LogP contribution in [0.4, 0.5) is 5.69 Å². The van der Waals surface area contributed by atoms with Gasteiger partial charge in [-0.05, 0) is 36.9 Å². The number of hydrogen-bond acceptors (Lipinski definition) is 5. The molecule has 1 heterocycles. The van der Waals surface area contributed by atoms with Crippen molar-refractivity contribution in [2.24, 2.45) is 0 Å². The van der Waals surface area contributed by atoms with Crippen LogP contribution in [0.2, 0.25) is 0 Å². The number of benzene rings is 2. The normalized spacial score (nSPS) is 15.2. The lowest BCUT2D eigenvalue weighted by atomic mass is 10.2. The maximum absolute atomic E-state index is 12.4. The van der Waals surface area contributed by atoms with E-state index in [0.29, 0.717) is 30.9 Å². The fourth-order valence-electron chi connectivity index (χ4n) is 3.03. The Bertz CT molecular complexity index is 840. The Morgan fingerprint density at radius 3 is 2.68 bits per heavy atom. The van der Waals surface area contributed by atoms with Crippen LogP contribution in [-0.2, 0) is 4.79 Å². The first-order valence-electron chi connectivity index (χ1n) is 9.32. The molecule has 0 saturated heterocycles. The lowest BCUT2D eigenvalue weighted by molar-refractivity contribution is -0.117. The minimum atomic E-state index is -0.194. The van der Waals surface area contributed by atoms with Crippen molar-refractivity contribution >= 4 is 17.5 Å². The van der Waals surface area contributed by atoms with Crippen molar-refractivity contribution in [1.82, 2.24) is 10.2 Å². The highest BCUT2D eigenvalue weighted by atomic mass is 16.6. The maximum Gasteiger partial charge on any atom is 0.251 e. The van der Waals surface area contributed by atoms with Crippen LogP contribution in [0, 0.1) is 0 Å². The molecule has 1 atom stereocenters. The smallest absolute Gasteiger partial charge is 0.251 e. The summed E-state index contributed by atoms with van der Waals surface area (Å²) in [5.74, 6) is 1.13. The molecule has 7 nitrogen and oxygen atoms in total. The van der Waals surface area contributed by atoms with Crippen molar-refractivity contribution in [3.63, 3.8) is 0 Å². The van der Waals surface area contributed by atoms with Gasteiger partial charge in [-0.2, -0.15) is 0 Å². The SMILES string of the molecule is CCN(CC(=O)Nc1cccc(C(=O)NC)c1)CC1COc2ccccc2O1. The predicted molar refractivity (Wildman–Crippen MR) is 107 cm³/mol. The third-order valence-corrected chi connectivity index (χ3v) is 4.48. The molecule has 0 spiro atoms. The number of para-hydroxylation sites is 2. The second kappa shape index (κ2) is 9.23. The molecule has 0 aromatic heterocycles. The van der Waals surface area contributed by atoms with Gasteiger partial charge >= 0.3 is 0 Å². The molecular formula is C21H25N3O4. The summed E-state index contributed by atoms with van der Waals surface area (Å²) in [5.41, 5.74) is 1.09. The lowest BCUT2D eigenvalue weighted by Gasteiger charge is -2.30. The van der Waals surface area contributed by atoms with E-state index in [9.17, 15) is 9.59 Å². The van der Waals surface area contributed by atoms with E-state index >= 15 is 0 Å². The Labute approximate surface area is 164 Å². The quantitative estimate of drug-likeness (QED) is 0.766. The van der Waals surface area contributed by atoms with Gasteiger partial charge in [0.05, 0.1) is 6.54 Å². The maximum atomic E-state index is 12.4. The second-order valence-electron chi connectivity index (χ2n) is 6.53. The van der Waals surface area contributed by atoms with Gasteiger partial charge in [0.2, 0.25) is 5.91 Å². The number of carbonyl (C=O) groups excluding carboxylic acids is 2. The van der Waals surface area contributed by atoms with E-state index in [1.807, 2.05) is 36.1 Å². The van der Waals surface area contributed by atoms with Crippen molar-refractivity contribution in [2.75, 3.05) is 38.6 Å². The molecule has 0 bridgehead atoms. The van der Waals surface area contributed by atoms with Crippen LogP contribution in [0.1, 0.15) is 17.3 Å². The van der Waals surface area contributed by atoms with Crippen LogP contribution in [0.25, 0.3) is 0 Å². The molecule has 3 rings (SSSR count). The number of amides is 2. The topological polar surface area (TPSA) is 79.9 Å². The fourth-order valence-corrected chi connectivity index (χ4v) is 3.03. The van der Waals surface area contributed by atoms with E-state index in [-0.39, 0.29) is 24.5 Å². The molecule has 0 fully saturated rings. The van der Waals surface area contributed by atoms with Gasteiger partial charge in [0.1, 0.15) is 12.7 Å². The number of fused-ring (bicyclic) bond motifs is 1. The summed E-state index contributed by atoms with van der Waals surface area (Å²) in [5, 5.41) is 5.42. The third-order valence-electron chi connectivity index (χ3n) is 4.48. The molecule has 2 aromatic rings. The van der Waals surface area contributed by atoms with Gasteiger partial charge in [-0.1, -0.05) is 25.1 Å². The first-order valence-corrected chi connectivity index (χ1v) is 9.32. The molecule has 2 N–H and O–H groups in total. The minimum Gasteiger partial charge on any atom is -0.486 e. The summed E-state index contributed by atoms with van der Waals surface area (Å²) in [4.78, 5) is 26.2. The Morgan fingerprint density at radius 1 is 1.14 bits per heavy atom. The summed E-state index contributed by atoms with van der Waals surface area (Å²) in [6, 6.07) is 14.4. The largest absolute Gasteiger partial charge is 0.486 e. The van der Waals surface area contributed by atoms with Crippen molar-refractivity contribution in [1.29, 1.82) is 0 Å². The van der Waals surface area contributed by atoms with Gasteiger partial charge in [-0.25, -0.2) is 0 Å². The van der Waals surface area contributed by atoms with Gasteiger partial charge in [0, 0.05) is 24.8 Å². The van der Waals surface area contributed by atoms with Crippen molar-refractivity contribution in [2.45, 2.75) is 13.0 Å². The average molecular weight is 383 g/mol. The standard InChI is InChI=1S/C21H25N3O4/c1-3-24(12-17-14-27-18-9-4-5-10-19(18)28-17)13-20(25)23-16-8-6-7-15(11-16)21(26)22-2/h4-11,17H,3,12-14H2,1-2H3,(H,22,26)(H,23,25). The molecule has 7 heteroatoms. The van der Waals surface area contributed by atoms with Crippen molar-refractivity contribution in [3.05, 3.63) is 54.1 Å². The van der Waals surface area contributed by atoms with E-state index < -0.39 is 0 Å². The van der Waals surface area contributed by atoms with Crippen molar-refractivity contribution in [3.8, 4) is 11.5 Å². The number of carbonyl (C=O) groups is 2. The highest BCUT2D eigenvalue weighted by Gasteiger charge is 2.23. The molecule has 1 aliphatic heterocycles. The molecule has 28 heavy (non-hydrogen) atoms.